The van der Waals surface area contributed by atoms with Gasteiger partial charge in [0.15, 0.2) is 5.65 Å². The maximum Gasteiger partial charge on any atom is 0.343 e. The molecular formula is C21H23BN6O2. The summed E-state index contributed by atoms with van der Waals surface area (Å²) in [5.41, 5.74) is 9.32. The van der Waals surface area contributed by atoms with Gasteiger partial charge in [0.05, 0.1) is 25.4 Å². The van der Waals surface area contributed by atoms with Crippen LogP contribution in [-0.4, -0.2) is 53.1 Å². The van der Waals surface area contributed by atoms with E-state index in [0.29, 0.717) is 24.4 Å². The molecule has 1 atom stereocenters. The van der Waals surface area contributed by atoms with Gasteiger partial charge in [-0.1, -0.05) is 17.4 Å². The van der Waals surface area contributed by atoms with Crippen LogP contribution in [0.4, 0.5) is 5.82 Å². The van der Waals surface area contributed by atoms with Crippen molar-refractivity contribution in [3.05, 3.63) is 47.5 Å². The van der Waals surface area contributed by atoms with Crippen LogP contribution >= 0.6 is 0 Å². The zero-order valence-electron chi connectivity index (χ0n) is 17.1. The minimum absolute atomic E-state index is 0.100. The Kier molecular flexibility index (Phi) is 5.68. The summed E-state index contributed by atoms with van der Waals surface area (Å²) in [6.45, 7) is 3.23. The number of carbonyl (C=O) groups excluding carboxylic acids is 1. The summed E-state index contributed by atoms with van der Waals surface area (Å²) in [5.74, 6) is 6.39. The first-order chi connectivity index (χ1) is 14.6. The van der Waals surface area contributed by atoms with Crippen molar-refractivity contribution in [1.29, 1.82) is 0 Å². The third-order valence-electron chi connectivity index (χ3n) is 5.12. The number of nitrogens with two attached hydrogens (primary N) is 1. The van der Waals surface area contributed by atoms with E-state index < -0.39 is 5.97 Å². The third kappa shape index (κ3) is 3.74. The monoisotopic (exact) mass is 402 g/mol. The van der Waals surface area contributed by atoms with Gasteiger partial charge in [-0.2, -0.15) is 5.10 Å². The van der Waals surface area contributed by atoms with Crippen LogP contribution in [-0.2, 0) is 4.74 Å². The number of ether oxygens (including phenoxy) is 1. The van der Waals surface area contributed by atoms with Crippen LogP contribution in [0.1, 0.15) is 47.4 Å². The van der Waals surface area contributed by atoms with Crippen LogP contribution < -0.4 is 16.1 Å². The maximum absolute atomic E-state index is 12.3. The number of anilines is 1. The van der Waals surface area contributed by atoms with Crippen LogP contribution in [0.2, 0.25) is 0 Å². The molecule has 1 fully saturated rings. The zero-order chi connectivity index (χ0) is 21.1. The highest BCUT2D eigenvalue weighted by Crippen LogP contribution is 2.36. The molecular weight excluding hydrogens is 379 g/mol. The van der Waals surface area contributed by atoms with Crippen molar-refractivity contribution < 1.29 is 9.53 Å². The second kappa shape index (κ2) is 8.55. The lowest BCUT2D eigenvalue weighted by molar-refractivity contribution is 0.0528. The SMILES string of the molecule is Bc1cnc(C#CCN)c(C2CCCN2c2ccn3ncc(C(=O)OCC)c3n2)c1. The minimum Gasteiger partial charge on any atom is -0.462 e. The predicted octanol–water partition coefficient (Wildman–Crippen LogP) is 0.211. The Balaban J connectivity index is 1.74. The molecule has 0 amide bonds. The molecule has 1 saturated heterocycles. The first-order valence-corrected chi connectivity index (χ1v) is 10.1. The standard InChI is InChI=1S/C21H23BN6O2/c1-2-30-21(29)16-13-25-28-10-7-19(26-20(16)28)27-9-4-6-18(27)15-11-14(22)12-24-17(15)5-3-8-23/h7,10-13,18H,2,4,6,8-9,22-23H2,1H3. The summed E-state index contributed by atoms with van der Waals surface area (Å²) in [7, 11) is 2.03. The van der Waals surface area contributed by atoms with Crippen LogP contribution in [0, 0.1) is 11.8 Å². The smallest absolute Gasteiger partial charge is 0.343 e. The summed E-state index contributed by atoms with van der Waals surface area (Å²) >= 11 is 0. The van der Waals surface area contributed by atoms with E-state index in [2.05, 4.69) is 32.9 Å². The van der Waals surface area contributed by atoms with E-state index in [1.165, 1.54) is 6.20 Å². The molecule has 0 bridgehead atoms. The first-order valence-electron chi connectivity index (χ1n) is 10.1. The maximum atomic E-state index is 12.3. The van der Waals surface area contributed by atoms with E-state index in [1.807, 2.05) is 26.3 Å². The predicted molar refractivity (Wildman–Crippen MR) is 117 cm³/mol. The Labute approximate surface area is 175 Å². The van der Waals surface area contributed by atoms with Crippen LogP contribution in [0.15, 0.2) is 30.7 Å². The van der Waals surface area contributed by atoms with Crippen LogP contribution in [0.25, 0.3) is 5.65 Å². The van der Waals surface area contributed by atoms with Gasteiger partial charge in [-0.05, 0) is 31.8 Å². The molecule has 0 radical (unpaired) electrons. The van der Waals surface area contributed by atoms with Gasteiger partial charge in [-0.25, -0.2) is 19.3 Å². The van der Waals surface area contributed by atoms with Gasteiger partial charge in [0.2, 0.25) is 0 Å². The molecule has 30 heavy (non-hydrogen) atoms. The van der Waals surface area contributed by atoms with Crippen molar-refractivity contribution in [3.63, 3.8) is 0 Å². The Bertz CT molecular complexity index is 1150. The fourth-order valence-electron chi connectivity index (χ4n) is 3.82. The fraction of sp³-hybridized carbons (Fsp3) is 0.333. The Hall–Kier alpha value is -3.38. The van der Waals surface area contributed by atoms with Gasteiger partial charge < -0.3 is 15.4 Å². The number of fused-ring (bicyclic) bond motifs is 1. The van der Waals surface area contributed by atoms with E-state index in [0.717, 1.165) is 41.9 Å². The first kappa shape index (κ1) is 19.9. The van der Waals surface area contributed by atoms with E-state index in [4.69, 9.17) is 15.5 Å². The second-order valence-corrected chi connectivity index (χ2v) is 7.14. The average molecular weight is 402 g/mol. The van der Waals surface area contributed by atoms with Gasteiger partial charge in [-0.3, -0.25) is 0 Å². The number of rotatable bonds is 4. The van der Waals surface area contributed by atoms with Crippen molar-refractivity contribution in [2.45, 2.75) is 25.8 Å². The molecule has 0 aliphatic carbocycles. The number of hydrogen-bond donors (Lipinski definition) is 1. The Morgan fingerprint density at radius 3 is 3.10 bits per heavy atom. The lowest BCUT2D eigenvalue weighted by Crippen LogP contribution is -2.26. The number of nitrogens with zero attached hydrogens (tertiary/aromatic N) is 5. The molecule has 1 aliphatic heterocycles. The normalized spacial score (nSPS) is 15.8. The molecule has 0 spiro atoms. The molecule has 0 aromatic carbocycles. The van der Waals surface area contributed by atoms with E-state index >= 15 is 0 Å². The number of aromatic nitrogens is 4. The molecule has 8 nitrogen and oxygen atoms in total. The van der Waals surface area contributed by atoms with Gasteiger partial charge >= 0.3 is 5.97 Å². The lowest BCUT2D eigenvalue weighted by Gasteiger charge is -2.27. The topological polar surface area (TPSA) is 98.6 Å². The Morgan fingerprint density at radius 2 is 2.30 bits per heavy atom. The largest absolute Gasteiger partial charge is 0.462 e. The summed E-state index contributed by atoms with van der Waals surface area (Å²) in [6, 6.07) is 4.16. The summed E-state index contributed by atoms with van der Waals surface area (Å²) in [5, 5.41) is 4.22. The van der Waals surface area contributed by atoms with Crippen molar-refractivity contribution in [2.24, 2.45) is 5.73 Å². The highest BCUT2D eigenvalue weighted by Gasteiger charge is 2.30. The lowest BCUT2D eigenvalue weighted by atomic mass is 9.92. The molecule has 3 aromatic heterocycles. The van der Waals surface area contributed by atoms with Gasteiger partial charge in [0.25, 0.3) is 0 Å². The summed E-state index contributed by atoms with van der Waals surface area (Å²) in [6.07, 6.45) is 7.14. The van der Waals surface area contributed by atoms with Crippen LogP contribution in [0.3, 0.4) is 0 Å². The highest BCUT2D eigenvalue weighted by molar-refractivity contribution is 6.32. The van der Waals surface area contributed by atoms with E-state index in [-0.39, 0.29) is 6.04 Å². The fourth-order valence-corrected chi connectivity index (χ4v) is 3.82. The summed E-state index contributed by atoms with van der Waals surface area (Å²) < 4.78 is 6.73. The molecule has 0 saturated carbocycles. The molecule has 9 heteroatoms. The molecule has 4 rings (SSSR count). The number of esters is 1. The number of pyridine rings is 1. The van der Waals surface area contributed by atoms with Crippen molar-refractivity contribution in [1.82, 2.24) is 19.6 Å². The number of hydrogen-bond acceptors (Lipinski definition) is 7. The minimum atomic E-state index is -0.419. The molecule has 152 valence electrons. The summed E-state index contributed by atoms with van der Waals surface area (Å²) in [4.78, 5) is 23.8. The third-order valence-corrected chi connectivity index (χ3v) is 5.12. The number of carbonyl (C=O) groups is 1. The Morgan fingerprint density at radius 1 is 1.43 bits per heavy atom. The molecule has 4 heterocycles. The molecule has 3 aromatic rings. The van der Waals surface area contributed by atoms with E-state index in [9.17, 15) is 4.79 Å². The quantitative estimate of drug-likeness (QED) is 0.379. The second-order valence-electron chi connectivity index (χ2n) is 7.14. The zero-order valence-corrected chi connectivity index (χ0v) is 17.1. The van der Waals surface area contributed by atoms with Crippen molar-refractivity contribution >= 4 is 30.7 Å². The van der Waals surface area contributed by atoms with Gasteiger partial charge in [0.1, 0.15) is 24.9 Å². The molecule has 2 N–H and O–H groups in total. The van der Waals surface area contributed by atoms with Gasteiger partial charge in [0, 0.05) is 24.5 Å². The molecule has 1 aliphatic rings. The van der Waals surface area contributed by atoms with Gasteiger partial charge in [-0.15, -0.1) is 0 Å². The highest BCUT2D eigenvalue weighted by atomic mass is 16.5. The van der Waals surface area contributed by atoms with Crippen molar-refractivity contribution in [2.75, 3.05) is 24.6 Å². The van der Waals surface area contributed by atoms with E-state index in [1.54, 1.807) is 11.4 Å². The average Bonchev–Trinajstić information content (AvgIpc) is 3.39. The van der Waals surface area contributed by atoms with Crippen LogP contribution in [0.5, 0.6) is 0 Å². The van der Waals surface area contributed by atoms with Crippen molar-refractivity contribution in [3.8, 4) is 11.8 Å². The molecule has 1 unspecified atom stereocenters.